The van der Waals surface area contributed by atoms with Gasteiger partial charge in [0.05, 0.1) is 16.1 Å². The first kappa shape index (κ1) is 20.4. The van der Waals surface area contributed by atoms with Crippen LogP contribution < -0.4 is 10.2 Å². The highest BCUT2D eigenvalue weighted by Crippen LogP contribution is 2.30. The number of nitrogens with one attached hydrogen (secondary N) is 1. The number of hydrogen-bond donors (Lipinski definition) is 1. The van der Waals surface area contributed by atoms with Crippen LogP contribution in [-0.2, 0) is 9.59 Å². The van der Waals surface area contributed by atoms with Crippen molar-refractivity contribution in [2.45, 2.75) is 52.1 Å². The molecule has 7 heteroatoms. The molecular weight excluding hydrogens is 385 g/mol. The Morgan fingerprint density at radius 2 is 1.74 bits per heavy atom. The number of nitrogens with zero attached hydrogens (tertiary/aromatic N) is 2. The van der Waals surface area contributed by atoms with Crippen LogP contribution >= 0.6 is 23.2 Å². The fourth-order valence-electron chi connectivity index (χ4n) is 3.75. The van der Waals surface area contributed by atoms with Gasteiger partial charge in [-0.15, -0.1) is 0 Å². The number of halogens is 2. The first-order valence-electron chi connectivity index (χ1n) is 9.48. The maximum absolute atomic E-state index is 12.8. The highest BCUT2D eigenvalue weighted by atomic mass is 35.5. The molecule has 2 amide bonds. The number of rotatable bonds is 3. The van der Waals surface area contributed by atoms with E-state index in [-0.39, 0.29) is 29.3 Å². The summed E-state index contributed by atoms with van der Waals surface area (Å²) in [6, 6.07) is 5.35. The summed E-state index contributed by atoms with van der Waals surface area (Å²) in [5.74, 6) is 0.269. The van der Waals surface area contributed by atoms with Crippen molar-refractivity contribution in [2.75, 3.05) is 24.5 Å². The van der Waals surface area contributed by atoms with Crippen LogP contribution in [0.3, 0.4) is 0 Å². The monoisotopic (exact) mass is 411 g/mol. The molecule has 2 heterocycles. The fourth-order valence-corrected chi connectivity index (χ4v) is 4.04. The largest absolute Gasteiger partial charge is 0.342 e. The van der Waals surface area contributed by atoms with E-state index >= 15 is 0 Å². The maximum atomic E-state index is 12.8. The lowest BCUT2D eigenvalue weighted by Crippen LogP contribution is -2.51. The predicted molar refractivity (Wildman–Crippen MR) is 109 cm³/mol. The normalized spacial score (nSPS) is 21.8. The molecule has 27 heavy (non-hydrogen) atoms. The van der Waals surface area contributed by atoms with Crippen molar-refractivity contribution in [2.24, 2.45) is 5.41 Å². The second-order valence-electron chi connectivity index (χ2n) is 8.41. The molecule has 3 rings (SSSR count). The Kier molecular flexibility index (Phi) is 6.04. The van der Waals surface area contributed by atoms with Crippen molar-refractivity contribution in [1.29, 1.82) is 0 Å². The van der Waals surface area contributed by atoms with E-state index in [1.807, 2.05) is 31.7 Å². The average Bonchev–Trinajstić information content (AvgIpc) is 2.97. The molecule has 5 nitrogen and oxygen atoms in total. The van der Waals surface area contributed by atoms with Gasteiger partial charge in [-0.2, -0.15) is 0 Å². The van der Waals surface area contributed by atoms with Crippen molar-refractivity contribution in [1.82, 2.24) is 10.2 Å². The molecule has 0 saturated carbocycles. The summed E-state index contributed by atoms with van der Waals surface area (Å²) in [5, 5.41) is 4.44. The SMILES string of the molecule is CC(C)(C)C(=O)N1CCC(N[C@H]2CCN(c3ccc(Cl)c(Cl)c3)C2=O)CC1. The zero-order valence-corrected chi connectivity index (χ0v) is 17.6. The van der Waals surface area contributed by atoms with Gasteiger partial charge in [0, 0.05) is 36.8 Å². The molecule has 0 spiro atoms. The van der Waals surface area contributed by atoms with Gasteiger partial charge >= 0.3 is 0 Å². The minimum absolute atomic E-state index is 0.0709. The Bertz CT molecular complexity index is 724. The second-order valence-corrected chi connectivity index (χ2v) is 9.23. The molecule has 0 aromatic heterocycles. The molecule has 2 saturated heterocycles. The number of anilines is 1. The van der Waals surface area contributed by atoms with Gasteiger partial charge in [-0.05, 0) is 37.5 Å². The summed E-state index contributed by atoms with van der Waals surface area (Å²) < 4.78 is 0. The Balaban J connectivity index is 1.55. The van der Waals surface area contributed by atoms with Gasteiger partial charge in [0.25, 0.3) is 0 Å². The number of amides is 2. The number of piperidine rings is 1. The minimum Gasteiger partial charge on any atom is -0.342 e. The third-order valence-corrected chi connectivity index (χ3v) is 6.02. The van der Waals surface area contributed by atoms with Crippen molar-refractivity contribution < 1.29 is 9.59 Å². The number of likely N-dealkylation sites (tertiary alicyclic amines) is 1. The van der Waals surface area contributed by atoms with Crippen LogP contribution in [0, 0.1) is 5.41 Å². The van der Waals surface area contributed by atoms with Gasteiger partial charge in [-0.25, -0.2) is 0 Å². The van der Waals surface area contributed by atoms with E-state index in [2.05, 4.69) is 5.32 Å². The summed E-state index contributed by atoms with van der Waals surface area (Å²) in [6.07, 6.45) is 2.51. The molecule has 0 bridgehead atoms. The van der Waals surface area contributed by atoms with E-state index in [9.17, 15) is 9.59 Å². The van der Waals surface area contributed by atoms with Crippen LogP contribution in [0.5, 0.6) is 0 Å². The first-order valence-corrected chi connectivity index (χ1v) is 10.2. The summed E-state index contributed by atoms with van der Waals surface area (Å²) in [4.78, 5) is 28.9. The van der Waals surface area contributed by atoms with Gasteiger partial charge < -0.3 is 15.1 Å². The van der Waals surface area contributed by atoms with Crippen LogP contribution in [0.2, 0.25) is 10.0 Å². The van der Waals surface area contributed by atoms with Gasteiger partial charge in [-0.3, -0.25) is 9.59 Å². The van der Waals surface area contributed by atoms with E-state index in [0.29, 0.717) is 16.6 Å². The van der Waals surface area contributed by atoms with Crippen molar-refractivity contribution in [3.8, 4) is 0 Å². The van der Waals surface area contributed by atoms with Crippen molar-refractivity contribution >= 4 is 40.7 Å². The second kappa shape index (κ2) is 7.98. The number of benzene rings is 1. The number of carbonyl (C=O) groups excluding carboxylic acids is 2. The van der Waals surface area contributed by atoms with Gasteiger partial charge in [-0.1, -0.05) is 44.0 Å². The number of hydrogen-bond acceptors (Lipinski definition) is 3. The van der Waals surface area contributed by atoms with Gasteiger partial charge in [0.2, 0.25) is 11.8 Å². The molecule has 2 fully saturated rings. The smallest absolute Gasteiger partial charge is 0.244 e. The van der Waals surface area contributed by atoms with E-state index in [0.717, 1.165) is 38.0 Å². The lowest BCUT2D eigenvalue weighted by molar-refractivity contribution is -0.140. The predicted octanol–water partition coefficient (Wildman–Crippen LogP) is 3.73. The molecule has 0 unspecified atom stereocenters. The summed E-state index contributed by atoms with van der Waals surface area (Å²) >= 11 is 12.1. The summed E-state index contributed by atoms with van der Waals surface area (Å²) in [5.41, 5.74) is 0.437. The molecule has 1 N–H and O–H groups in total. The third kappa shape index (κ3) is 4.58. The van der Waals surface area contributed by atoms with Crippen LogP contribution in [0.15, 0.2) is 18.2 Å². The molecule has 2 aliphatic rings. The standard InChI is InChI=1S/C20H27Cl2N3O2/c1-20(2,3)19(27)24-9-6-13(7-10-24)23-17-8-11-25(18(17)26)14-4-5-15(21)16(22)12-14/h4-5,12-13,17,23H,6-11H2,1-3H3/t17-/m0/s1. The van der Waals surface area contributed by atoms with E-state index in [4.69, 9.17) is 23.2 Å². The van der Waals surface area contributed by atoms with Crippen molar-refractivity contribution in [3.63, 3.8) is 0 Å². The van der Waals surface area contributed by atoms with E-state index < -0.39 is 0 Å². The van der Waals surface area contributed by atoms with Gasteiger partial charge in [0.15, 0.2) is 0 Å². The minimum atomic E-state index is -0.345. The molecule has 1 aromatic rings. The van der Waals surface area contributed by atoms with Crippen LogP contribution in [0.25, 0.3) is 0 Å². The molecular formula is C20H27Cl2N3O2. The topological polar surface area (TPSA) is 52.7 Å². The molecule has 2 aliphatic heterocycles. The Morgan fingerprint density at radius 1 is 1.07 bits per heavy atom. The maximum Gasteiger partial charge on any atom is 0.244 e. The molecule has 0 aliphatic carbocycles. The lowest BCUT2D eigenvalue weighted by Gasteiger charge is -2.36. The van der Waals surface area contributed by atoms with Crippen LogP contribution in [0.4, 0.5) is 5.69 Å². The highest BCUT2D eigenvalue weighted by Gasteiger charge is 2.36. The van der Waals surface area contributed by atoms with Crippen LogP contribution in [-0.4, -0.2) is 48.4 Å². The summed E-state index contributed by atoms with van der Waals surface area (Å²) in [7, 11) is 0. The molecule has 1 atom stereocenters. The van der Waals surface area contributed by atoms with Crippen LogP contribution in [0.1, 0.15) is 40.0 Å². The van der Waals surface area contributed by atoms with E-state index in [1.165, 1.54) is 0 Å². The average molecular weight is 412 g/mol. The van der Waals surface area contributed by atoms with Crippen molar-refractivity contribution in [3.05, 3.63) is 28.2 Å². The zero-order chi connectivity index (χ0) is 19.8. The quantitative estimate of drug-likeness (QED) is 0.823. The Hall–Kier alpha value is -1.30. The fraction of sp³-hybridized carbons (Fsp3) is 0.600. The first-order chi connectivity index (χ1) is 12.7. The van der Waals surface area contributed by atoms with E-state index in [1.54, 1.807) is 17.0 Å². The number of carbonyl (C=O) groups is 2. The molecule has 1 aromatic carbocycles. The summed E-state index contributed by atoms with van der Waals surface area (Å²) in [6.45, 7) is 8.00. The third-order valence-electron chi connectivity index (χ3n) is 5.28. The Morgan fingerprint density at radius 3 is 2.33 bits per heavy atom. The lowest BCUT2D eigenvalue weighted by atomic mass is 9.93. The highest BCUT2D eigenvalue weighted by molar-refractivity contribution is 6.42. The molecule has 148 valence electrons. The Labute approximate surface area is 171 Å². The van der Waals surface area contributed by atoms with Gasteiger partial charge in [0.1, 0.15) is 0 Å². The molecule has 0 radical (unpaired) electrons. The zero-order valence-electron chi connectivity index (χ0n) is 16.1.